The van der Waals surface area contributed by atoms with Gasteiger partial charge >= 0.3 is 5.97 Å². The zero-order valence-corrected chi connectivity index (χ0v) is 13.0. The molecule has 1 aromatic heterocycles. The Bertz CT molecular complexity index is 579. The monoisotopic (exact) mass is 330 g/mol. The Morgan fingerprint density at radius 3 is 2.76 bits per heavy atom. The fourth-order valence-electron chi connectivity index (χ4n) is 2.76. The largest absolute Gasteiger partial charge is 0.479 e. The van der Waals surface area contributed by atoms with E-state index in [1.165, 1.54) is 12.3 Å². The van der Waals surface area contributed by atoms with Crippen molar-refractivity contribution in [2.45, 2.75) is 38.1 Å². The van der Waals surface area contributed by atoms with E-state index in [1.54, 1.807) is 0 Å². The molecular formula is C14H16Cl2N2O3. The maximum Gasteiger partial charge on any atom is 0.329 e. The van der Waals surface area contributed by atoms with Gasteiger partial charge in [0.05, 0.1) is 10.6 Å². The topological polar surface area (TPSA) is 79.3 Å². The Kier molecular flexibility index (Phi) is 4.74. The number of aromatic nitrogens is 1. The highest BCUT2D eigenvalue weighted by Crippen LogP contribution is 2.34. The van der Waals surface area contributed by atoms with Gasteiger partial charge in [-0.3, -0.25) is 4.79 Å². The first-order chi connectivity index (χ1) is 9.86. The van der Waals surface area contributed by atoms with Crippen LogP contribution < -0.4 is 5.32 Å². The van der Waals surface area contributed by atoms with Crippen LogP contribution in [-0.2, 0) is 4.79 Å². The van der Waals surface area contributed by atoms with Gasteiger partial charge in [0.25, 0.3) is 5.91 Å². The van der Waals surface area contributed by atoms with Gasteiger partial charge in [0.2, 0.25) is 0 Å². The van der Waals surface area contributed by atoms with Crippen molar-refractivity contribution in [1.29, 1.82) is 0 Å². The minimum atomic E-state index is -1.26. The third-order valence-electron chi connectivity index (χ3n) is 4.08. The predicted molar refractivity (Wildman–Crippen MR) is 79.7 cm³/mol. The Labute approximate surface area is 132 Å². The van der Waals surface area contributed by atoms with E-state index in [2.05, 4.69) is 10.3 Å². The van der Waals surface area contributed by atoms with Gasteiger partial charge in [0.1, 0.15) is 10.7 Å². The van der Waals surface area contributed by atoms with E-state index in [4.69, 9.17) is 23.2 Å². The van der Waals surface area contributed by atoms with Gasteiger partial charge in [-0.25, -0.2) is 9.78 Å². The molecule has 2 unspecified atom stereocenters. The number of carbonyl (C=O) groups excluding carboxylic acids is 1. The van der Waals surface area contributed by atoms with E-state index < -0.39 is 17.4 Å². The molecule has 2 N–H and O–H groups in total. The third-order valence-corrected chi connectivity index (χ3v) is 4.59. The Morgan fingerprint density at radius 1 is 1.43 bits per heavy atom. The number of carboxylic acid groups (broad SMARTS) is 1. The van der Waals surface area contributed by atoms with E-state index in [0.717, 1.165) is 19.3 Å². The van der Waals surface area contributed by atoms with Gasteiger partial charge in [-0.15, -0.1) is 0 Å². The number of carbonyl (C=O) groups is 2. The van der Waals surface area contributed by atoms with Gasteiger partial charge in [0, 0.05) is 6.20 Å². The zero-order chi connectivity index (χ0) is 15.6. The smallest absolute Gasteiger partial charge is 0.329 e. The number of hydrogen-bond donors (Lipinski definition) is 2. The molecule has 7 heteroatoms. The van der Waals surface area contributed by atoms with Gasteiger partial charge < -0.3 is 10.4 Å². The highest BCUT2D eigenvalue weighted by molar-refractivity contribution is 6.35. The molecule has 2 rings (SSSR count). The molecule has 1 fully saturated rings. The molecule has 1 saturated carbocycles. The number of carboxylic acids is 1. The SMILES string of the molecule is CC1CCCCC1(NC(=O)c1cc(Cl)ncc1Cl)C(=O)O. The Balaban J connectivity index is 2.31. The molecule has 0 aliphatic heterocycles. The summed E-state index contributed by atoms with van der Waals surface area (Å²) in [4.78, 5) is 27.9. The van der Waals surface area contributed by atoms with Crippen LogP contribution >= 0.6 is 23.2 Å². The van der Waals surface area contributed by atoms with Crippen LogP contribution in [0.2, 0.25) is 10.2 Å². The zero-order valence-electron chi connectivity index (χ0n) is 11.5. The number of rotatable bonds is 3. The summed E-state index contributed by atoms with van der Waals surface area (Å²) in [5.74, 6) is -1.71. The third kappa shape index (κ3) is 3.14. The van der Waals surface area contributed by atoms with Crippen LogP contribution in [0.3, 0.4) is 0 Å². The molecule has 1 heterocycles. The highest BCUT2D eigenvalue weighted by atomic mass is 35.5. The van der Waals surface area contributed by atoms with Crippen molar-refractivity contribution in [2.24, 2.45) is 5.92 Å². The predicted octanol–water partition coefficient (Wildman–Crippen LogP) is 3.15. The first-order valence-electron chi connectivity index (χ1n) is 6.74. The van der Waals surface area contributed by atoms with Crippen LogP contribution in [0.1, 0.15) is 43.0 Å². The van der Waals surface area contributed by atoms with Crippen molar-refractivity contribution in [3.8, 4) is 0 Å². The molecule has 1 amide bonds. The second-order valence-electron chi connectivity index (χ2n) is 5.36. The number of pyridine rings is 1. The summed E-state index contributed by atoms with van der Waals surface area (Å²) in [5, 5.41) is 12.5. The average Bonchev–Trinajstić information content (AvgIpc) is 2.43. The van der Waals surface area contributed by atoms with Crippen LogP contribution in [0, 0.1) is 5.92 Å². The molecule has 1 aliphatic carbocycles. The van der Waals surface area contributed by atoms with Crippen molar-refractivity contribution < 1.29 is 14.7 Å². The average molecular weight is 331 g/mol. The summed E-state index contributed by atoms with van der Waals surface area (Å²) in [6, 6.07) is 1.34. The van der Waals surface area contributed by atoms with Crippen LogP contribution in [0.25, 0.3) is 0 Å². The van der Waals surface area contributed by atoms with Crippen molar-refractivity contribution in [1.82, 2.24) is 10.3 Å². The lowest BCUT2D eigenvalue weighted by molar-refractivity contribution is -0.148. The first kappa shape index (κ1) is 16.0. The van der Waals surface area contributed by atoms with Gasteiger partial charge in [0.15, 0.2) is 0 Å². The Hall–Kier alpha value is -1.33. The second kappa shape index (κ2) is 6.20. The second-order valence-corrected chi connectivity index (χ2v) is 6.16. The molecular weight excluding hydrogens is 315 g/mol. The van der Waals surface area contributed by atoms with E-state index in [0.29, 0.717) is 6.42 Å². The van der Waals surface area contributed by atoms with Crippen molar-refractivity contribution in [3.63, 3.8) is 0 Å². The minimum Gasteiger partial charge on any atom is -0.479 e. The van der Waals surface area contributed by atoms with E-state index in [1.807, 2.05) is 6.92 Å². The molecule has 0 aromatic carbocycles. The van der Waals surface area contributed by atoms with Crippen molar-refractivity contribution in [2.75, 3.05) is 0 Å². The molecule has 0 spiro atoms. The lowest BCUT2D eigenvalue weighted by Crippen LogP contribution is -2.60. The summed E-state index contributed by atoms with van der Waals surface area (Å²) in [6.07, 6.45) is 4.18. The fraction of sp³-hybridized carbons (Fsp3) is 0.500. The summed E-state index contributed by atoms with van der Waals surface area (Å²) >= 11 is 11.7. The molecule has 1 aromatic rings. The molecule has 5 nitrogen and oxygen atoms in total. The van der Waals surface area contributed by atoms with Crippen LogP contribution in [0.5, 0.6) is 0 Å². The molecule has 114 valence electrons. The van der Waals surface area contributed by atoms with Crippen molar-refractivity contribution in [3.05, 3.63) is 28.0 Å². The van der Waals surface area contributed by atoms with E-state index in [-0.39, 0.29) is 21.7 Å². The minimum absolute atomic E-state index is 0.130. The number of nitrogens with zero attached hydrogens (tertiary/aromatic N) is 1. The van der Waals surface area contributed by atoms with Gasteiger partial charge in [-0.2, -0.15) is 0 Å². The number of hydrogen-bond acceptors (Lipinski definition) is 3. The molecule has 0 saturated heterocycles. The molecule has 0 radical (unpaired) electrons. The molecule has 2 atom stereocenters. The summed E-state index contributed by atoms with van der Waals surface area (Å²) < 4.78 is 0. The van der Waals surface area contributed by atoms with Crippen LogP contribution in [-0.4, -0.2) is 27.5 Å². The fourth-order valence-corrected chi connectivity index (χ4v) is 3.11. The lowest BCUT2D eigenvalue weighted by Gasteiger charge is -2.39. The van der Waals surface area contributed by atoms with Gasteiger partial charge in [-0.1, -0.05) is 43.0 Å². The first-order valence-corrected chi connectivity index (χ1v) is 7.49. The lowest BCUT2D eigenvalue weighted by atomic mass is 9.73. The quantitative estimate of drug-likeness (QED) is 0.834. The van der Waals surface area contributed by atoms with E-state index >= 15 is 0 Å². The van der Waals surface area contributed by atoms with Crippen LogP contribution in [0.4, 0.5) is 0 Å². The van der Waals surface area contributed by atoms with Crippen LogP contribution in [0.15, 0.2) is 12.3 Å². The number of halogens is 2. The van der Waals surface area contributed by atoms with E-state index in [9.17, 15) is 14.7 Å². The maximum atomic E-state index is 12.4. The van der Waals surface area contributed by atoms with Gasteiger partial charge in [-0.05, 0) is 24.8 Å². The standard InChI is InChI=1S/C14H16Cl2N2O3/c1-8-4-2-3-5-14(8,13(20)21)18-12(19)9-6-11(16)17-7-10(9)15/h6-8H,2-5H2,1H3,(H,18,19)(H,20,21). The Morgan fingerprint density at radius 2 is 2.14 bits per heavy atom. The molecule has 1 aliphatic rings. The summed E-state index contributed by atoms with van der Waals surface area (Å²) in [5.41, 5.74) is -1.12. The number of aliphatic carboxylic acids is 1. The molecule has 0 bridgehead atoms. The normalized spacial score (nSPS) is 25.4. The maximum absolute atomic E-state index is 12.4. The number of amides is 1. The summed E-state index contributed by atoms with van der Waals surface area (Å²) in [6.45, 7) is 1.84. The highest BCUT2D eigenvalue weighted by Gasteiger charge is 2.46. The van der Waals surface area contributed by atoms with Crippen molar-refractivity contribution >= 4 is 35.1 Å². The molecule has 21 heavy (non-hydrogen) atoms. The number of nitrogens with one attached hydrogen (secondary N) is 1. The summed E-state index contributed by atoms with van der Waals surface area (Å²) in [7, 11) is 0.